The smallest absolute Gasteiger partial charge is 0.267 e. The maximum Gasteiger partial charge on any atom is 0.267 e. The second-order valence-electron chi connectivity index (χ2n) is 5.93. The highest BCUT2D eigenvalue weighted by Gasteiger charge is 2.18. The molecule has 4 rings (SSSR count). The number of thiazole rings is 1. The molecule has 5 nitrogen and oxygen atoms in total. The van der Waals surface area contributed by atoms with Crippen molar-refractivity contribution in [3.63, 3.8) is 0 Å². The van der Waals surface area contributed by atoms with Gasteiger partial charge in [-0.1, -0.05) is 12.1 Å². The molecule has 0 saturated carbocycles. The minimum atomic E-state index is -0.170. The van der Waals surface area contributed by atoms with Crippen LogP contribution in [0.1, 0.15) is 20.9 Å². The molecule has 0 bridgehead atoms. The number of fused-ring (bicyclic) bond motifs is 1. The van der Waals surface area contributed by atoms with Crippen LogP contribution >= 0.6 is 11.3 Å². The molecule has 128 valence electrons. The highest BCUT2D eigenvalue weighted by atomic mass is 32.1. The molecule has 3 heterocycles. The van der Waals surface area contributed by atoms with Crippen molar-refractivity contribution in [2.75, 3.05) is 5.32 Å². The average Bonchev–Trinajstić information content (AvgIpc) is 3.07. The van der Waals surface area contributed by atoms with Crippen LogP contribution in [0.5, 0.6) is 0 Å². The standard InChI is InChI=1S/C20H16N4OS/c1-12-8-9-15(14-6-5-11-22-17(12)14)24-19(25)18-13(2)23-20(26-18)16-7-3-4-10-21-16/h3-11H,1-2H3,(H,24,25). The summed E-state index contributed by atoms with van der Waals surface area (Å²) in [5.41, 5.74) is 4.17. The maximum atomic E-state index is 12.8. The number of amides is 1. The molecule has 1 N–H and O–H groups in total. The molecule has 0 saturated heterocycles. The molecular formula is C20H16N4OS. The van der Waals surface area contributed by atoms with E-state index in [9.17, 15) is 4.79 Å². The van der Waals surface area contributed by atoms with Crippen LogP contribution in [0.25, 0.3) is 21.6 Å². The van der Waals surface area contributed by atoms with Gasteiger partial charge in [-0.15, -0.1) is 11.3 Å². The number of aryl methyl sites for hydroxylation is 2. The van der Waals surface area contributed by atoms with Crippen molar-refractivity contribution >= 4 is 33.8 Å². The summed E-state index contributed by atoms with van der Waals surface area (Å²) < 4.78 is 0. The van der Waals surface area contributed by atoms with Gasteiger partial charge in [0.25, 0.3) is 5.91 Å². The predicted octanol–water partition coefficient (Wildman–Crippen LogP) is 4.62. The minimum Gasteiger partial charge on any atom is -0.321 e. The molecule has 6 heteroatoms. The van der Waals surface area contributed by atoms with Crippen LogP contribution in [0.2, 0.25) is 0 Å². The molecule has 1 aromatic carbocycles. The summed E-state index contributed by atoms with van der Waals surface area (Å²) in [5, 5.41) is 4.67. The molecular weight excluding hydrogens is 344 g/mol. The summed E-state index contributed by atoms with van der Waals surface area (Å²) in [5.74, 6) is -0.170. The quantitative estimate of drug-likeness (QED) is 0.579. The third kappa shape index (κ3) is 2.95. The topological polar surface area (TPSA) is 67.8 Å². The number of hydrogen-bond acceptors (Lipinski definition) is 5. The van der Waals surface area contributed by atoms with E-state index < -0.39 is 0 Å². The lowest BCUT2D eigenvalue weighted by Crippen LogP contribution is -2.12. The van der Waals surface area contributed by atoms with E-state index in [-0.39, 0.29) is 5.91 Å². The van der Waals surface area contributed by atoms with Crippen molar-refractivity contribution in [2.45, 2.75) is 13.8 Å². The second-order valence-corrected chi connectivity index (χ2v) is 6.93. The molecule has 0 unspecified atom stereocenters. The number of anilines is 1. The van der Waals surface area contributed by atoms with E-state index in [1.165, 1.54) is 11.3 Å². The fourth-order valence-electron chi connectivity index (χ4n) is 2.81. The van der Waals surface area contributed by atoms with Gasteiger partial charge in [-0.3, -0.25) is 14.8 Å². The first kappa shape index (κ1) is 16.4. The highest BCUT2D eigenvalue weighted by molar-refractivity contribution is 7.17. The van der Waals surface area contributed by atoms with E-state index in [0.717, 1.165) is 32.9 Å². The third-order valence-electron chi connectivity index (χ3n) is 4.11. The maximum absolute atomic E-state index is 12.8. The van der Waals surface area contributed by atoms with Gasteiger partial charge in [-0.25, -0.2) is 4.98 Å². The first-order valence-corrected chi connectivity index (χ1v) is 8.99. The highest BCUT2D eigenvalue weighted by Crippen LogP contribution is 2.29. The number of benzene rings is 1. The van der Waals surface area contributed by atoms with Gasteiger partial charge >= 0.3 is 0 Å². The van der Waals surface area contributed by atoms with E-state index in [2.05, 4.69) is 20.3 Å². The van der Waals surface area contributed by atoms with E-state index in [1.54, 1.807) is 12.4 Å². The van der Waals surface area contributed by atoms with E-state index in [4.69, 9.17) is 0 Å². The largest absolute Gasteiger partial charge is 0.321 e. The van der Waals surface area contributed by atoms with Crippen molar-refractivity contribution in [1.29, 1.82) is 0 Å². The molecule has 1 amide bonds. The van der Waals surface area contributed by atoms with Crippen LogP contribution in [0, 0.1) is 13.8 Å². The summed E-state index contributed by atoms with van der Waals surface area (Å²) in [6.45, 7) is 3.85. The zero-order valence-corrected chi connectivity index (χ0v) is 15.2. The first-order valence-electron chi connectivity index (χ1n) is 8.18. The van der Waals surface area contributed by atoms with Crippen LogP contribution in [0.15, 0.2) is 54.9 Å². The number of aromatic nitrogens is 3. The zero-order chi connectivity index (χ0) is 18.1. The molecule has 4 aromatic rings. The number of rotatable bonds is 3. The number of pyridine rings is 2. The summed E-state index contributed by atoms with van der Waals surface area (Å²) in [6, 6.07) is 13.4. The van der Waals surface area contributed by atoms with Gasteiger partial charge in [0.2, 0.25) is 0 Å². The number of carbonyl (C=O) groups excluding carboxylic acids is 1. The Morgan fingerprint density at radius 1 is 1.00 bits per heavy atom. The summed E-state index contributed by atoms with van der Waals surface area (Å²) in [6.07, 6.45) is 3.48. The van der Waals surface area contributed by atoms with Crippen LogP contribution in [-0.2, 0) is 0 Å². The van der Waals surface area contributed by atoms with Gasteiger partial charge in [0.05, 0.1) is 22.6 Å². The summed E-state index contributed by atoms with van der Waals surface area (Å²) in [4.78, 5) is 26.6. The molecule has 0 atom stereocenters. The fraction of sp³-hybridized carbons (Fsp3) is 0.100. The molecule has 0 aliphatic heterocycles. The molecule has 0 radical (unpaired) electrons. The van der Waals surface area contributed by atoms with Gasteiger partial charge in [0, 0.05) is 17.8 Å². The fourth-order valence-corrected chi connectivity index (χ4v) is 3.75. The summed E-state index contributed by atoms with van der Waals surface area (Å²) in [7, 11) is 0. The van der Waals surface area contributed by atoms with Crippen molar-refractivity contribution in [3.8, 4) is 10.7 Å². The molecule has 0 aliphatic carbocycles. The second kappa shape index (κ2) is 6.65. The molecule has 0 fully saturated rings. The molecule has 0 spiro atoms. The summed E-state index contributed by atoms with van der Waals surface area (Å²) >= 11 is 1.35. The number of carbonyl (C=O) groups is 1. The van der Waals surface area contributed by atoms with Crippen molar-refractivity contribution in [1.82, 2.24) is 15.0 Å². The Morgan fingerprint density at radius 2 is 1.85 bits per heavy atom. The van der Waals surface area contributed by atoms with E-state index >= 15 is 0 Å². The first-order chi connectivity index (χ1) is 12.6. The normalized spacial score (nSPS) is 10.8. The molecule has 3 aromatic heterocycles. The number of nitrogens with zero attached hydrogens (tertiary/aromatic N) is 3. The van der Waals surface area contributed by atoms with Gasteiger partial charge < -0.3 is 5.32 Å². The van der Waals surface area contributed by atoms with Crippen LogP contribution in [0.4, 0.5) is 5.69 Å². The Labute approximate surface area is 154 Å². The Bertz CT molecular complexity index is 1110. The zero-order valence-electron chi connectivity index (χ0n) is 14.4. The van der Waals surface area contributed by atoms with Gasteiger partial charge in [-0.05, 0) is 49.7 Å². The SMILES string of the molecule is Cc1nc(-c2ccccn2)sc1C(=O)Nc1ccc(C)c2ncccc12. The molecule has 0 aliphatic rings. The van der Waals surface area contributed by atoms with Crippen molar-refractivity contribution in [2.24, 2.45) is 0 Å². The van der Waals surface area contributed by atoms with Crippen molar-refractivity contribution < 1.29 is 4.79 Å². The Balaban J connectivity index is 1.68. The van der Waals surface area contributed by atoms with Crippen LogP contribution in [0.3, 0.4) is 0 Å². The van der Waals surface area contributed by atoms with Crippen molar-refractivity contribution in [3.05, 3.63) is 71.0 Å². The minimum absolute atomic E-state index is 0.170. The van der Waals surface area contributed by atoms with Gasteiger partial charge in [0.1, 0.15) is 9.88 Å². The van der Waals surface area contributed by atoms with Gasteiger partial charge in [0.15, 0.2) is 0 Å². The van der Waals surface area contributed by atoms with E-state index in [1.807, 2.05) is 56.3 Å². The van der Waals surface area contributed by atoms with E-state index in [0.29, 0.717) is 10.6 Å². The lowest BCUT2D eigenvalue weighted by molar-refractivity contribution is 0.103. The lowest BCUT2D eigenvalue weighted by atomic mass is 10.1. The van der Waals surface area contributed by atoms with Crippen LogP contribution in [-0.4, -0.2) is 20.9 Å². The van der Waals surface area contributed by atoms with Crippen LogP contribution < -0.4 is 5.32 Å². The third-order valence-corrected chi connectivity index (χ3v) is 5.29. The number of nitrogens with one attached hydrogen (secondary N) is 1. The van der Waals surface area contributed by atoms with Gasteiger partial charge in [-0.2, -0.15) is 0 Å². The molecule has 26 heavy (non-hydrogen) atoms. The average molecular weight is 360 g/mol. The Hall–Kier alpha value is -3.12. The number of hydrogen-bond donors (Lipinski definition) is 1. The predicted molar refractivity (Wildman–Crippen MR) is 105 cm³/mol. The monoisotopic (exact) mass is 360 g/mol. The Morgan fingerprint density at radius 3 is 2.65 bits per heavy atom. The lowest BCUT2D eigenvalue weighted by Gasteiger charge is -2.09. The Kier molecular flexibility index (Phi) is 4.18.